The second kappa shape index (κ2) is 3.07. The van der Waals surface area contributed by atoms with E-state index in [1.165, 1.54) is 11.1 Å². The number of thiophene rings is 1. The molecule has 0 spiro atoms. The van der Waals surface area contributed by atoms with Gasteiger partial charge in [-0.15, -0.1) is 0 Å². The lowest BCUT2D eigenvalue weighted by Crippen LogP contribution is -1.80. The van der Waals surface area contributed by atoms with Crippen LogP contribution in [0.1, 0.15) is 5.69 Å². The minimum atomic E-state index is 1.07. The smallest absolute Gasteiger partial charge is 0.0378 e. The Balaban J connectivity index is 2.48. The highest BCUT2D eigenvalue weighted by atomic mass is 32.1. The Kier molecular flexibility index (Phi) is 1.92. The molecule has 0 saturated carbocycles. The average molecular weight is 175 g/mol. The van der Waals surface area contributed by atoms with Gasteiger partial charge in [0.2, 0.25) is 0 Å². The zero-order valence-electron chi connectivity index (χ0n) is 6.82. The second-order valence-corrected chi connectivity index (χ2v) is 3.48. The molecule has 2 heterocycles. The number of nitrogens with zero attached hydrogens (tertiary/aromatic N) is 1. The molecule has 0 N–H and O–H groups in total. The van der Waals surface area contributed by atoms with Gasteiger partial charge in [-0.2, -0.15) is 11.3 Å². The number of hydrogen-bond donors (Lipinski definition) is 0. The van der Waals surface area contributed by atoms with E-state index in [2.05, 4.69) is 27.9 Å². The van der Waals surface area contributed by atoms with Crippen molar-refractivity contribution in [3.8, 4) is 11.1 Å². The summed E-state index contributed by atoms with van der Waals surface area (Å²) in [6, 6.07) is 6.26. The van der Waals surface area contributed by atoms with E-state index < -0.39 is 0 Å². The molecule has 60 valence electrons. The van der Waals surface area contributed by atoms with E-state index >= 15 is 0 Å². The average Bonchev–Trinajstić information content (AvgIpc) is 2.56. The lowest BCUT2D eigenvalue weighted by Gasteiger charge is -1.97. The summed E-state index contributed by atoms with van der Waals surface area (Å²) in [5, 5.41) is 4.24. The molecule has 0 aliphatic heterocycles. The first kappa shape index (κ1) is 7.50. The Hall–Kier alpha value is -1.15. The van der Waals surface area contributed by atoms with Crippen LogP contribution in [-0.2, 0) is 0 Å². The SMILES string of the molecule is Cc1cc(-c2ccsc2)ccn1. The van der Waals surface area contributed by atoms with Crippen LogP contribution in [0.5, 0.6) is 0 Å². The largest absolute Gasteiger partial charge is 0.262 e. The van der Waals surface area contributed by atoms with Crippen molar-refractivity contribution in [1.29, 1.82) is 0 Å². The highest BCUT2D eigenvalue weighted by Crippen LogP contribution is 2.21. The van der Waals surface area contributed by atoms with Crippen LogP contribution in [0.3, 0.4) is 0 Å². The van der Waals surface area contributed by atoms with Gasteiger partial charge in [-0.05, 0) is 47.0 Å². The summed E-state index contributed by atoms with van der Waals surface area (Å²) in [4.78, 5) is 4.15. The molecule has 0 fully saturated rings. The van der Waals surface area contributed by atoms with Gasteiger partial charge in [0.25, 0.3) is 0 Å². The van der Waals surface area contributed by atoms with Crippen molar-refractivity contribution in [3.05, 3.63) is 40.8 Å². The summed E-state index contributed by atoms with van der Waals surface area (Å²) in [6.45, 7) is 2.01. The van der Waals surface area contributed by atoms with E-state index in [-0.39, 0.29) is 0 Å². The Morgan fingerprint density at radius 3 is 2.83 bits per heavy atom. The summed E-state index contributed by atoms with van der Waals surface area (Å²) in [5.74, 6) is 0. The molecule has 0 saturated heterocycles. The molecule has 2 heteroatoms. The fourth-order valence-electron chi connectivity index (χ4n) is 1.15. The van der Waals surface area contributed by atoms with Crippen molar-refractivity contribution in [2.45, 2.75) is 6.92 Å². The molecule has 0 aliphatic carbocycles. The van der Waals surface area contributed by atoms with E-state index in [0.29, 0.717) is 0 Å². The predicted octanol–water partition coefficient (Wildman–Crippen LogP) is 3.12. The Bertz CT molecular complexity index is 365. The summed E-state index contributed by atoms with van der Waals surface area (Å²) in [5.41, 5.74) is 3.60. The molecule has 0 amide bonds. The third-order valence-corrected chi connectivity index (χ3v) is 2.43. The van der Waals surface area contributed by atoms with Gasteiger partial charge >= 0.3 is 0 Å². The van der Waals surface area contributed by atoms with Gasteiger partial charge in [0, 0.05) is 11.9 Å². The van der Waals surface area contributed by atoms with Crippen LogP contribution in [0.15, 0.2) is 35.2 Å². The highest BCUT2D eigenvalue weighted by molar-refractivity contribution is 7.08. The molecule has 0 aliphatic rings. The number of aryl methyl sites for hydroxylation is 1. The quantitative estimate of drug-likeness (QED) is 0.649. The van der Waals surface area contributed by atoms with Crippen molar-refractivity contribution in [2.24, 2.45) is 0 Å². The maximum atomic E-state index is 4.15. The third kappa shape index (κ3) is 1.38. The topological polar surface area (TPSA) is 12.9 Å². The minimum Gasteiger partial charge on any atom is -0.262 e. The lowest BCUT2D eigenvalue weighted by atomic mass is 10.1. The Labute approximate surface area is 75.7 Å². The van der Waals surface area contributed by atoms with Crippen LogP contribution in [0.25, 0.3) is 11.1 Å². The third-order valence-electron chi connectivity index (χ3n) is 1.75. The molecule has 0 bridgehead atoms. The van der Waals surface area contributed by atoms with Crippen molar-refractivity contribution in [3.63, 3.8) is 0 Å². The van der Waals surface area contributed by atoms with E-state index in [0.717, 1.165) is 5.69 Å². The monoisotopic (exact) mass is 175 g/mol. The first-order valence-corrected chi connectivity index (χ1v) is 4.76. The standard InChI is InChI=1S/C10H9NS/c1-8-6-9(2-4-11-8)10-3-5-12-7-10/h2-7H,1H3. The maximum Gasteiger partial charge on any atom is 0.0378 e. The molecular formula is C10H9NS. The lowest BCUT2D eigenvalue weighted by molar-refractivity contribution is 1.20. The normalized spacial score (nSPS) is 10.1. The zero-order valence-corrected chi connectivity index (χ0v) is 7.64. The van der Waals surface area contributed by atoms with Crippen molar-refractivity contribution in [1.82, 2.24) is 4.98 Å². The van der Waals surface area contributed by atoms with Gasteiger partial charge < -0.3 is 0 Å². The molecular weight excluding hydrogens is 166 g/mol. The van der Waals surface area contributed by atoms with Crippen LogP contribution >= 0.6 is 11.3 Å². The summed E-state index contributed by atoms with van der Waals surface area (Å²) in [7, 11) is 0. The molecule has 2 aromatic heterocycles. The maximum absolute atomic E-state index is 4.15. The van der Waals surface area contributed by atoms with E-state index in [9.17, 15) is 0 Å². The first-order valence-electron chi connectivity index (χ1n) is 3.81. The fourth-order valence-corrected chi connectivity index (χ4v) is 1.82. The number of rotatable bonds is 1. The van der Waals surface area contributed by atoms with Gasteiger partial charge in [-0.25, -0.2) is 0 Å². The highest BCUT2D eigenvalue weighted by Gasteiger charge is 1.96. The van der Waals surface area contributed by atoms with Gasteiger partial charge in [-0.1, -0.05) is 0 Å². The summed E-state index contributed by atoms with van der Waals surface area (Å²) >= 11 is 1.72. The second-order valence-electron chi connectivity index (χ2n) is 2.70. The molecule has 2 aromatic rings. The Morgan fingerprint density at radius 1 is 1.25 bits per heavy atom. The first-order chi connectivity index (χ1) is 5.86. The van der Waals surface area contributed by atoms with Crippen LogP contribution in [0, 0.1) is 6.92 Å². The van der Waals surface area contributed by atoms with Crippen molar-refractivity contribution in [2.75, 3.05) is 0 Å². The summed E-state index contributed by atoms with van der Waals surface area (Å²) < 4.78 is 0. The van der Waals surface area contributed by atoms with Crippen LogP contribution in [0.2, 0.25) is 0 Å². The van der Waals surface area contributed by atoms with Crippen molar-refractivity contribution >= 4 is 11.3 Å². The fraction of sp³-hybridized carbons (Fsp3) is 0.100. The molecule has 0 atom stereocenters. The molecule has 0 aromatic carbocycles. The van der Waals surface area contributed by atoms with E-state index in [1.807, 2.05) is 19.2 Å². The molecule has 0 radical (unpaired) electrons. The zero-order chi connectivity index (χ0) is 8.39. The van der Waals surface area contributed by atoms with E-state index in [4.69, 9.17) is 0 Å². The molecule has 2 rings (SSSR count). The minimum absolute atomic E-state index is 1.07. The van der Waals surface area contributed by atoms with Gasteiger partial charge in [0.05, 0.1) is 0 Å². The number of hydrogen-bond acceptors (Lipinski definition) is 2. The molecule has 1 nitrogen and oxygen atoms in total. The molecule has 0 unspecified atom stereocenters. The predicted molar refractivity (Wildman–Crippen MR) is 52.3 cm³/mol. The number of pyridine rings is 1. The van der Waals surface area contributed by atoms with Crippen LogP contribution < -0.4 is 0 Å². The van der Waals surface area contributed by atoms with Crippen molar-refractivity contribution < 1.29 is 0 Å². The van der Waals surface area contributed by atoms with Gasteiger partial charge in [0.15, 0.2) is 0 Å². The molecule has 12 heavy (non-hydrogen) atoms. The van der Waals surface area contributed by atoms with Crippen LogP contribution in [-0.4, -0.2) is 4.98 Å². The van der Waals surface area contributed by atoms with Gasteiger partial charge in [-0.3, -0.25) is 4.98 Å². The van der Waals surface area contributed by atoms with E-state index in [1.54, 1.807) is 11.3 Å². The summed E-state index contributed by atoms with van der Waals surface area (Å²) in [6.07, 6.45) is 1.85. The van der Waals surface area contributed by atoms with Crippen LogP contribution in [0.4, 0.5) is 0 Å². The van der Waals surface area contributed by atoms with Gasteiger partial charge in [0.1, 0.15) is 0 Å². The number of aromatic nitrogens is 1. The Morgan fingerprint density at radius 2 is 2.17 bits per heavy atom.